The average molecular weight is 374 g/mol. The Balaban J connectivity index is 1.86. The SMILES string of the molecule is COc1ccc(-n2ccc(CNC(=O)C(C)NC(=O)OC(C)(C)C)n2)cc1. The molecule has 0 aliphatic heterocycles. The van der Waals surface area contributed by atoms with Gasteiger partial charge in [-0.3, -0.25) is 4.79 Å². The molecule has 1 heterocycles. The summed E-state index contributed by atoms with van der Waals surface area (Å²) in [6, 6.07) is 8.58. The number of alkyl carbamates (subject to hydrolysis) is 1. The minimum absolute atomic E-state index is 0.252. The second-order valence-electron chi connectivity index (χ2n) is 7.04. The van der Waals surface area contributed by atoms with Crippen molar-refractivity contribution < 1.29 is 19.1 Å². The molecule has 2 amide bonds. The molecule has 1 aromatic heterocycles. The molecule has 2 N–H and O–H groups in total. The molecule has 0 aliphatic rings. The molecular weight excluding hydrogens is 348 g/mol. The molecule has 0 aliphatic carbocycles. The standard InChI is InChI=1S/C19H26N4O4/c1-13(21-18(25)27-19(2,3)4)17(24)20-12-14-10-11-23(22-14)15-6-8-16(26-5)9-7-15/h6-11,13H,12H2,1-5H3,(H,20,24)(H,21,25). The Labute approximate surface area is 158 Å². The summed E-state index contributed by atoms with van der Waals surface area (Å²) in [5.41, 5.74) is 0.964. The van der Waals surface area contributed by atoms with Crippen LogP contribution < -0.4 is 15.4 Å². The topological polar surface area (TPSA) is 94.5 Å². The van der Waals surface area contributed by atoms with Crippen LogP contribution in [0, 0.1) is 0 Å². The van der Waals surface area contributed by atoms with Gasteiger partial charge in [0, 0.05) is 6.20 Å². The van der Waals surface area contributed by atoms with Crippen LogP contribution in [0.25, 0.3) is 5.69 Å². The lowest BCUT2D eigenvalue weighted by Gasteiger charge is -2.21. The fourth-order valence-corrected chi connectivity index (χ4v) is 2.22. The number of carbonyl (C=O) groups is 2. The minimum Gasteiger partial charge on any atom is -0.497 e. The van der Waals surface area contributed by atoms with Gasteiger partial charge in [-0.15, -0.1) is 0 Å². The first-order valence-electron chi connectivity index (χ1n) is 8.64. The number of carbonyl (C=O) groups excluding carboxylic acids is 2. The zero-order valence-electron chi connectivity index (χ0n) is 16.3. The molecule has 0 radical (unpaired) electrons. The van der Waals surface area contributed by atoms with Gasteiger partial charge in [-0.05, 0) is 58.0 Å². The molecule has 8 nitrogen and oxygen atoms in total. The van der Waals surface area contributed by atoms with Gasteiger partial charge in [-0.25, -0.2) is 9.48 Å². The van der Waals surface area contributed by atoms with Crippen LogP contribution >= 0.6 is 0 Å². The molecule has 0 bridgehead atoms. The lowest BCUT2D eigenvalue weighted by Crippen LogP contribution is -2.46. The smallest absolute Gasteiger partial charge is 0.408 e. The Bertz CT molecular complexity index is 778. The van der Waals surface area contributed by atoms with Crippen LogP contribution in [-0.2, 0) is 16.1 Å². The van der Waals surface area contributed by atoms with Crippen LogP contribution in [0.5, 0.6) is 5.75 Å². The molecule has 0 saturated carbocycles. The summed E-state index contributed by atoms with van der Waals surface area (Å²) >= 11 is 0. The van der Waals surface area contributed by atoms with Crippen molar-refractivity contribution in [2.24, 2.45) is 0 Å². The fourth-order valence-electron chi connectivity index (χ4n) is 2.22. The van der Waals surface area contributed by atoms with E-state index in [1.54, 1.807) is 39.5 Å². The van der Waals surface area contributed by atoms with Gasteiger partial charge in [0.05, 0.1) is 25.0 Å². The number of aromatic nitrogens is 2. The van der Waals surface area contributed by atoms with Crippen molar-refractivity contribution in [3.8, 4) is 11.4 Å². The highest BCUT2D eigenvalue weighted by atomic mass is 16.6. The maximum absolute atomic E-state index is 12.1. The fraction of sp³-hybridized carbons (Fsp3) is 0.421. The van der Waals surface area contributed by atoms with Gasteiger partial charge in [0.1, 0.15) is 17.4 Å². The molecule has 2 rings (SSSR count). The lowest BCUT2D eigenvalue weighted by molar-refractivity contribution is -0.123. The van der Waals surface area contributed by atoms with E-state index in [0.717, 1.165) is 11.4 Å². The molecule has 27 heavy (non-hydrogen) atoms. The van der Waals surface area contributed by atoms with Gasteiger partial charge in [-0.1, -0.05) is 0 Å². The quantitative estimate of drug-likeness (QED) is 0.810. The first-order valence-corrected chi connectivity index (χ1v) is 8.64. The highest BCUT2D eigenvalue weighted by Crippen LogP contribution is 2.14. The summed E-state index contributed by atoms with van der Waals surface area (Å²) in [6.45, 7) is 7.13. The number of hydrogen-bond acceptors (Lipinski definition) is 5. The van der Waals surface area contributed by atoms with Crippen molar-refractivity contribution in [1.29, 1.82) is 0 Å². The number of amides is 2. The second-order valence-corrected chi connectivity index (χ2v) is 7.04. The van der Waals surface area contributed by atoms with Crippen LogP contribution in [0.1, 0.15) is 33.4 Å². The molecule has 1 atom stereocenters. The second kappa shape index (κ2) is 8.57. The van der Waals surface area contributed by atoms with Crippen LogP contribution in [0.15, 0.2) is 36.5 Å². The van der Waals surface area contributed by atoms with E-state index in [9.17, 15) is 9.59 Å². The van der Waals surface area contributed by atoms with Crippen LogP contribution in [0.4, 0.5) is 4.79 Å². The van der Waals surface area contributed by atoms with E-state index in [4.69, 9.17) is 9.47 Å². The number of methoxy groups -OCH3 is 1. The highest BCUT2D eigenvalue weighted by molar-refractivity contribution is 5.85. The molecule has 0 saturated heterocycles. The number of nitrogens with one attached hydrogen (secondary N) is 2. The zero-order valence-corrected chi connectivity index (χ0v) is 16.3. The van der Waals surface area contributed by atoms with Gasteiger partial charge in [0.2, 0.25) is 5.91 Å². The number of ether oxygens (including phenoxy) is 2. The van der Waals surface area contributed by atoms with E-state index in [1.165, 1.54) is 0 Å². The van der Waals surface area contributed by atoms with Crippen molar-refractivity contribution in [1.82, 2.24) is 20.4 Å². The number of nitrogens with zero attached hydrogens (tertiary/aromatic N) is 2. The van der Waals surface area contributed by atoms with E-state index >= 15 is 0 Å². The molecule has 2 aromatic rings. The van der Waals surface area contributed by atoms with Gasteiger partial charge < -0.3 is 20.1 Å². The van der Waals surface area contributed by atoms with E-state index in [-0.39, 0.29) is 12.5 Å². The summed E-state index contributed by atoms with van der Waals surface area (Å²) in [4.78, 5) is 23.9. The Hall–Kier alpha value is -3.03. The average Bonchev–Trinajstić information content (AvgIpc) is 3.07. The monoisotopic (exact) mass is 374 g/mol. The van der Waals surface area contributed by atoms with Gasteiger partial charge in [0.25, 0.3) is 0 Å². The Kier molecular flexibility index (Phi) is 6.44. The predicted octanol–water partition coefficient (Wildman–Crippen LogP) is 2.41. The molecule has 146 valence electrons. The Morgan fingerprint density at radius 2 is 1.85 bits per heavy atom. The predicted molar refractivity (Wildman–Crippen MR) is 101 cm³/mol. The van der Waals surface area contributed by atoms with E-state index in [1.807, 2.05) is 36.5 Å². The van der Waals surface area contributed by atoms with Gasteiger partial charge >= 0.3 is 6.09 Å². The molecule has 0 fully saturated rings. The van der Waals surface area contributed by atoms with Crippen molar-refractivity contribution in [2.75, 3.05) is 7.11 Å². The number of benzene rings is 1. The third-order valence-corrected chi connectivity index (χ3v) is 3.55. The largest absolute Gasteiger partial charge is 0.497 e. The lowest BCUT2D eigenvalue weighted by atomic mass is 10.2. The molecule has 1 unspecified atom stereocenters. The number of hydrogen-bond donors (Lipinski definition) is 2. The summed E-state index contributed by atoms with van der Waals surface area (Å²) < 4.78 is 12.0. The van der Waals surface area contributed by atoms with Crippen LogP contribution in [0.2, 0.25) is 0 Å². The van der Waals surface area contributed by atoms with E-state index in [2.05, 4.69) is 15.7 Å². The van der Waals surface area contributed by atoms with Crippen LogP contribution in [0.3, 0.4) is 0 Å². The van der Waals surface area contributed by atoms with Crippen molar-refractivity contribution in [2.45, 2.75) is 45.9 Å². The van der Waals surface area contributed by atoms with E-state index < -0.39 is 17.7 Å². The van der Waals surface area contributed by atoms with Crippen molar-refractivity contribution in [3.63, 3.8) is 0 Å². The molecule has 1 aromatic carbocycles. The summed E-state index contributed by atoms with van der Waals surface area (Å²) in [6.07, 6.45) is 1.18. The third-order valence-electron chi connectivity index (χ3n) is 3.55. The zero-order chi connectivity index (χ0) is 20.0. The summed E-state index contributed by atoms with van der Waals surface area (Å²) in [7, 11) is 1.61. The number of rotatable bonds is 6. The normalized spacial score (nSPS) is 12.2. The third kappa shape index (κ3) is 6.32. The maximum Gasteiger partial charge on any atom is 0.408 e. The molecule has 8 heteroatoms. The molecule has 0 spiro atoms. The Morgan fingerprint density at radius 1 is 1.19 bits per heavy atom. The van der Waals surface area contributed by atoms with Gasteiger partial charge in [-0.2, -0.15) is 5.10 Å². The Morgan fingerprint density at radius 3 is 2.44 bits per heavy atom. The first-order chi connectivity index (χ1) is 12.7. The van der Waals surface area contributed by atoms with Crippen LogP contribution in [-0.4, -0.2) is 40.5 Å². The summed E-state index contributed by atoms with van der Waals surface area (Å²) in [5.74, 6) is 0.449. The van der Waals surface area contributed by atoms with Gasteiger partial charge in [0.15, 0.2) is 0 Å². The first kappa shape index (κ1) is 20.3. The highest BCUT2D eigenvalue weighted by Gasteiger charge is 2.20. The molecular formula is C19H26N4O4. The minimum atomic E-state index is -0.719. The van der Waals surface area contributed by atoms with Crippen molar-refractivity contribution in [3.05, 3.63) is 42.2 Å². The van der Waals surface area contributed by atoms with E-state index in [0.29, 0.717) is 5.69 Å². The van der Waals surface area contributed by atoms with Crippen molar-refractivity contribution >= 4 is 12.0 Å². The maximum atomic E-state index is 12.1. The summed E-state index contributed by atoms with van der Waals surface area (Å²) in [5, 5.41) is 9.67.